The van der Waals surface area contributed by atoms with E-state index in [0.29, 0.717) is 10.9 Å². The molecule has 0 amide bonds. The number of aromatic nitrogens is 1. The summed E-state index contributed by atoms with van der Waals surface area (Å²) in [6.07, 6.45) is 0. The number of nitro groups is 1. The van der Waals surface area contributed by atoms with Crippen molar-refractivity contribution in [3.8, 4) is 6.07 Å². The number of halogens is 2. The Kier molecular flexibility index (Phi) is 2.84. The van der Waals surface area contributed by atoms with Crippen LogP contribution in [-0.4, -0.2) is 9.91 Å². The molecule has 0 atom stereocenters. The van der Waals surface area contributed by atoms with E-state index in [0.717, 1.165) is 0 Å². The minimum atomic E-state index is -0.545. The second kappa shape index (κ2) is 4.17. The topological polar surface area (TPSA) is 79.8 Å². The summed E-state index contributed by atoms with van der Waals surface area (Å²) in [6, 6.07) is 5.81. The summed E-state index contributed by atoms with van der Waals surface area (Å²) in [6.45, 7) is 0. The highest BCUT2D eigenvalue weighted by molar-refractivity contribution is 6.39. The zero-order valence-corrected chi connectivity index (χ0v) is 9.66. The van der Waals surface area contributed by atoms with E-state index >= 15 is 0 Å². The van der Waals surface area contributed by atoms with Crippen molar-refractivity contribution in [1.82, 2.24) is 4.98 Å². The number of hydrogen-bond donors (Lipinski definition) is 0. The van der Waals surface area contributed by atoms with E-state index in [4.69, 9.17) is 28.5 Å². The van der Waals surface area contributed by atoms with Crippen LogP contribution in [0.25, 0.3) is 10.9 Å². The molecule has 0 N–H and O–H groups in total. The van der Waals surface area contributed by atoms with E-state index in [2.05, 4.69) is 4.98 Å². The summed E-state index contributed by atoms with van der Waals surface area (Å²) >= 11 is 11.7. The van der Waals surface area contributed by atoms with Gasteiger partial charge in [0.15, 0.2) is 0 Å². The minimum absolute atomic E-state index is 0.0150. The van der Waals surface area contributed by atoms with Gasteiger partial charge < -0.3 is 0 Å². The maximum absolute atomic E-state index is 10.6. The van der Waals surface area contributed by atoms with Gasteiger partial charge in [0.1, 0.15) is 16.8 Å². The fraction of sp³-hybridized carbons (Fsp3) is 0. The number of pyridine rings is 1. The van der Waals surface area contributed by atoms with Crippen molar-refractivity contribution in [3.05, 3.63) is 44.1 Å². The fourth-order valence-electron chi connectivity index (χ4n) is 1.39. The van der Waals surface area contributed by atoms with Crippen LogP contribution in [0.5, 0.6) is 0 Å². The second-order valence-electron chi connectivity index (χ2n) is 3.16. The van der Waals surface area contributed by atoms with Crippen LogP contribution in [0.4, 0.5) is 5.69 Å². The van der Waals surface area contributed by atoms with Crippen LogP contribution in [0.15, 0.2) is 18.2 Å². The maximum atomic E-state index is 10.6. The molecule has 2 rings (SSSR count). The Bertz CT molecular complexity index is 679. The Hall–Kier alpha value is -1.90. The highest BCUT2D eigenvalue weighted by Gasteiger charge is 2.15. The summed E-state index contributed by atoms with van der Waals surface area (Å²) in [5.74, 6) is 0. The third-order valence-electron chi connectivity index (χ3n) is 2.18. The summed E-state index contributed by atoms with van der Waals surface area (Å²) in [5.41, 5.74) is 0.304. The summed E-state index contributed by atoms with van der Waals surface area (Å²) in [4.78, 5) is 14.0. The van der Waals surface area contributed by atoms with Crippen molar-refractivity contribution in [2.75, 3.05) is 0 Å². The number of nitriles is 1. The lowest BCUT2D eigenvalue weighted by atomic mass is 10.1. The predicted molar refractivity (Wildman–Crippen MR) is 63.1 cm³/mol. The quantitative estimate of drug-likeness (QED) is 0.451. The largest absolute Gasteiger partial charge is 0.270 e. The van der Waals surface area contributed by atoms with Crippen molar-refractivity contribution in [2.24, 2.45) is 0 Å². The Balaban J connectivity index is 2.86. The van der Waals surface area contributed by atoms with Crippen LogP contribution in [0.2, 0.25) is 10.2 Å². The number of nitro benzene ring substituents is 1. The molecule has 0 spiro atoms. The molecular weight excluding hydrogens is 265 g/mol. The van der Waals surface area contributed by atoms with Gasteiger partial charge in [-0.2, -0.15) is 5.26 Å². The number of rotatable bonds is 1. The van der Waals surface area contributed by atoms with Crippen LogP contribution >= 0.6 is 23.2 Å². The van der Waals surface area contributed by atoms with Gasteiger partial charge in [-0.05, 0) is 6.07 Å². The van der Waals surface area contributed by atoms with Gasteiger partial charge in [0.05, 0.1) is 15.5 Å². The lowest BCUT2D eigenvalue weighted by Crippen LogP contribution is -1.91. The van der Waals surface area contributed by atoms with Gasteiger partial charge in [-0.1, -0.05) is 23.2 Å². The van der Waals surface area contributed by atoms with Crippen molar-refractivity contribution >= 4 is 39.8 Å². The lowest BCUT2D eigenvalue weighted by molar-refractivity contribution is -0.384. The molecule has 84 valence electrons. The predicted octanol–water partition coefficient (Wildman–Crippen LogP) is 3.32. The van der Waals surface area contributed by atoms with Gasteiger partial charge in [-0.3, -0.25) is 10.1 Å². The van der Waals surface area contributed by atoms with E-state index in [1.54, 1.807) is 0 Å². The molecule has 17 heavy (non-hydrogen) atoms. The standard InChI is InChI=1S/C10H3Cl2N3O2/c11-9-6-3-5(15(16)17)1-2-8(6)14-10(12)7(9)4-13/h1-3H. The molecule has 0 saturated carbocycles. The van der Waals surface area contributed by atoms with Crippen LogP contribution < -0.4 is 0 Å². The van der Waals surface area contributed by atoms with Crippen molar-refractivity contribution in [3.63, 3.8) is 0 Å². The lowest BCUT2D eigenvalue weighted by Gasteiger charge is -2.03. The molecule has 0 fully saturated rings. The van der Waals surface area contributed by atoms with E-state index in [-0.39, 0.29) is 21.4 Å². The Morgan fingerprint density at radius 3 is 2.71 bits per heavy atom. The Morgan fingerprint density at radius 1 is 1.41 bits per heavy atom. The average Bonchev–Trinajstić information content (AvgIpc) is 2.29. The first kappa shape index (κ1) is 11.6. The molecule has 7 heteroatoms. The van der Waals surface area contributed by atoms with Gasteiger partial charge in [-0.25, -0.2) is 4.98 Å². The van der Waals surface area contributed by atoms with Crippen LogP contribution in [0.3, 0.4) is 0 Å². The van der Waals surface area contributed by atoms with E-state index in [1.807, 2.05) is 6.07 Å². The van der Waals surface area contributed by atoms with Gasteiger partial charge in [0, 0.05) is 17.5 Å². The molecule has 1 aromatic heterocycles. The first-order chi connectivity index (χ1) is 8.04. The summed E-state index contributed by atoms with van der Waals surface area (Å²) in [7, 11) is 0. The third kappa shape index (κ3) is 1.88. The van der Waals surface area contributed by atoms with Gasteiger partial charge in [-0.15, -0.1) is 0 Å². The van der Waals surface area contributed by atoms with Gasteiger partial charge in [0.25, 0.3) is 5.69 Å². The third-order valence-corrected chi connectivity index (χ3v) is 2.85. The number of benzene rings is 1. The van der Waals surface area contributed by atoms with Crippen LogP contribution in [0.1, 0.15) is 5.56 Å². The maximum Gasteiger partial charge on any atom is 0.270 e. The van der Waals surface area contributed by atoms with Crippen LogP contribution in [0, 0.1) is 21.4 Å². The van der Waals surface area contributed by atoms with Gasteiger partial charge in [0.2, 0.25) is 0 Å². The van der Waals surface area contributed by atoms with Crippen molar-refractivity contribution in [1.29, 1.82) is 5.26 Å². The zero-order chi connectivity index (χ0) is 12.6. The summed E-state index contributed by atoms with van der Waals surface area (Å²) in [5, 5.41) is 19.9. The first-order valence-electron chi connectivity index (χ1n) is 4.38. The van der Waals surface area contributed by atoms with Crippen molar-refractivity contribution < 1.29 is 4.92 Å². The Labute approximate surface area is 105 Å². The molecule has 0 aliphatic carbocycles. The second-order valence-corrected chi connectivity index (χ2v) is 3.90. The van der Waals surface area contributed by atoms with Crippen LogP contribution in [-0.2, 0) is 0 Å². The molecular formula is C10H3Cl2N3O2. The molecule has 1 heterocycles. The smallest absolute Gasteiger partial charge is 0.258 e. The zero-order valence-electron chi connectivity index (χ0n) is 8.15. The molecule has 0 unspecified atom stereocenters. The monoisotopic (exact) mass is 267 g/mol. The number of non-ortho nitro benzene ring substituents is 1. The number of hydrogen-bond acceptors (Lipinski definition) is 4. The van der Waals surface area contributed by atoms with Crippen molar-refractivity contribution in [2.45, 2.75) is 0 Å². The number of nitrogens with zero attached hydrogens (tertiary/aromatic N) is 3. The Morgan fingerprint density at radius 2 is 2.12 bits per heavy atom. The van der Waals surface area contributed by atoms with Gasteiger partial charge >= 0.3 is 0 Å². The molecule has 0 saturated heterocycles. The van der Waals surface area contributed by atoms with E-state index in [9.17, 15) is 10.1 Å². The van der Waals surface area contributed by atoms with E-state index in [1.165, 1.54) is 18.2 Å². The molecule has 0 bridgehead atoms. The highest BCUT2D eigenvalue weighted by atomic mass is 35.5. The number of fused-ring (bicyclic) bond motifs is 1. The first-order valence-corrected chi connectivity index (χ1v) is 5.13. The van der Waals surface area contributed by atoms with E-state index < -0.39 is 4.92 Å². The fourth-order valence-corrected chi connectivity index (χ4v) is 1.95. The minimum Gasteiger partial charge on any atom is -0.258 e. The SMILES string of the molecule is N#Cc1c(Cl)nc2ccc([N+](=O)[O-])cc2c1Cl. The summed E-state index contributed by atoms with van der Waals surface area (Å²) < 4.78 is 0. The molecule has 0 aliphatic heterocycles. The molecule has 1 aromatic carbocycles. The molecule has 5 nitrogen and oxygen atoms in total. The highest BCUT2D eigenvalue weighted by Crippen LogP contribution is 2.32. The molecule has 0 radical (unpaired) electrons. The molecule has 2 aromatic rings. The average molecular weight is 268 g/mol. The normalized spacial score (nSPS) is 10.2. The molecule has 0 aliphatic rings.